The van der Waals surface area contributed by atoms with Crippen LogP contribution in [0.25, 0.3) is 0 Å². The van der Waals surface area contributed by atoms with Gasteiger partial charge >= 0.3 is 12.0 Å². The number of anilines is 1. The van der Waals surface area contributed by atoms with Crippen LogP contribution in [0.1, 0.15) is 39.7 Å². The molecule has 26 heavy (non-hydrogen) atoms. The van der Waals surface area contributed by atoms with Crippen molar-refractivity contribution in [2.75, 3.05) is 11.9 Å². The van der Waals surface area contributed by atoms with Crippen molar-refractivity contribution in [1.82, 2.24) is 4.90 Å². The van der Waals surface area contributed by atoms with Crippen LogP contribution in [0, 0.1) is 6.92 Å². The van der Waals surface area contributed by atoms with Crippen LogP contribution in [0.5, 0.6) is 0 Å². The summed E-state index contributed by atoms with van der Waals surface area (Å²) in [6.45, 7) is 9.39. The van der Waals surface area contributed by atoms with Gasteiger partial charge < -0.3 is 15.3 Å². The first kappa shape index (κ1) is 21.1. The summed E-state index contributed by atoms with van der Waals surface area (Å²) in [6.07, 6.45) is 3.52. The highest BCUT2D eigenvalue weighted by Crippen LogP contribution is 2.24. The molecule has 1 rings (SSSR count). The van der Waals surface area contributed by atoms with E-state index in [0.29, 0.717) is 24.3 Å². The molecule has 140 valence electrons. The number of nitrogens with zero attached hydrogens (tertiary/aromatic N) is 2. The lowest BCUT2D eigenvalue weighted by molar-refractivity contribution is -0.132. The quantitative estimate of drug-likeness (QED) is 0.455. The number of aryl methyl sites for hydroxylation is 1. The van der Waals surface area contributed by atoms with Gasteiger partial charge in [0.1, 0.15) is 0 Å². The second-order valence-electron chi connectivity index (χ2n) is 6.94. The number of hydrogen-bond donors (Lipinski definition) is 2. The summed E-state index contributed by atoms with van der Waals surface area (Å²) in [7, 11) is 0. The van der Waals surface area contributed by atoms with E-state index in [1.165, 1.54) is 13.0 Å². The third-order valence-corrected chi connectivity index (χ3v) is 3.82. The Labute approximate surface area is 153 Å². The van der Waals surface area contributed by atoms with Gasteiger partial charge in [-0.25, -0.2) is 14.4 Å². The minimum absolute atomic E-state index is 0.245. The van der Waals surface area contributed by atoms with E-state index in [-0.39, 0.29) is 11.6 Å². The third kappa shape index (κ3) is 6.18. The minimum Gasteiger partial charge on any atom is -0.478 e. The van der Waals surface area contributed by atoms with E-state index < -0.39 is 11.5 Å². The highest BCUT2D eigenvalue weighted by Gasteiger charge is 2.26. The SMILES string of the molecule is C/C(=C\CCN(C(=O)Nc1ccc(C)c(N=C=O)c1)C(C)(C)C)C(=O)O. The predicted molar refractivity (Wildman–Crippen MR) is 100 cm³/mol. The largest absolute Gasteiger partial charge is 0.478 e. The van der Waals surface area contributed by atoms with Crippen molar-refractivity contribution in [2.24, 2.45) is 4.99 Å². The average Bonchev–Trinajstić information content (AvgIpc) is 2.53. The summed E-state index contributed by atoms with van der Waals surface area (Å²) in [5.41, 5.74) is 1.55. The van der Waals surface area contributed by atoms with E-state index in [1.54, 1.807) is 36.1 Å². The molecule has 0 atom stereocenters. The fourth-order valence-corrected chi connectivity index (χ4v) is 2.29. The summed E-state index contributed by atoms with van der Waals surface area (Å²) in [5.74, 6) is -0.973. The maximum Gasteiger partial charge on any atom is 0.330 e. The summed E-state index contributed by atoms with van der Waals surface area (Å²) in [6, 6.07) is 4.77. The van der Waals surface area contributed by atoms with Crippen LogP contribution >= 0.6 is 0 Å². The zero-order chi connectivity index (χ0) is 19.9. The number of rotatable bonds is 6. The van der Waals surface area contributed by atoms with Crippen LogP contribution < -0.4 is 5.32 Å². The van der Waals surface area contributed by atoms with Crippen LogP contribution in [-0.4, -0.2) is 40.2 Å². The second-order valence-corrected chi connectivity index (χ2v) is 6.94. The number of aliphatic imine (C=N–C) groups is 1. The molecule has 1 aromatic carbocycles. The Hall–Kier alpha value is -2.92. The lowest BCUT2D eigenvalue weighted by Crippen LogP contribution is -2.48. The minimum atomic E-state index is -0.973. The molecule has 0 saturated heterocycles. The number of nitrogens with one attached hydrogen (secondary N) is 1. The van der Waals surface area contributed by atoms with Crippen molar-refractivity contribution < 1.29 is 19.5 Å². The molecule has 0 saturated carbocycles. The average molecular weight is 359 g/mol. The molecule has 0 radical (unpaired) electrons. The van der Waals surface area contributed by atoms with E-state index in [4.69, 9.17) is 5.11 Å². The van der Waals surface area contributed by atoms with E-state index in [2.05, 4.69) is 10.3 Å². The Bertz CT molecular complexity index is 757. The lowest BCUT2D eigenvalue weighted by Gasteiger charge is -2.35. The van der Waals surface area contributed by atoms with Gasteiger partial charge in [0.15, 0.2) is 0 Å². The van der Waals surface area contributed by atoms with Gasteiger partial charge in [-0.15, -0.1) is 0 Å². The molecule has 0 spiro atoms. The molecule has 2 amide bonds. The first-order valence-corrected chi connectivity index (χ1v) is 8.23. The number of carboxylic acids is 1. The topological polar surface area (TPSA) is 99.1 Å². The van der Waals surface area contributed by atoms with E-state index >= 15 is 0 Å². The van der Waals surface area contributed by atoms with Gasteiger partial charge in [0.2, 0.25) is 6.08 Å². The molecule has 0 aliphatic rings. The summed E-state index contributed by atoms with van der Waals surface area (Å²) < 4.78 is 0. The molecular formula is C19H25N3O4. The Morgan fingerprint density at radius 2 is 2.00 bits per heavy atom. The van der Waals surface area contributed by atoms with Crippen LogP contribution in [0.4, 0.5) is 16.2 Å². The normalized spacial score (nSPS) is 11.5. The summed E-state index contributed by atoms with van der Waals surface area (Å²) >= 11 is 0. The van der Waals surface area contributed by atoms with Crippen molar-refractivity contribution in [3.8, 4) is 0 Å². The number of carboxylic acid groups (broad SMARTS) is 1. The molecule has 0 bridgehead atoms. The zero-order valence-electron chi connectivity index (χ0n) is 15.8. The Balaban J connectivity index is 2.94. The molecule has 7 nitrogen and oxygen atoms in total. The van der Waals surface area contributed by atoms with Crippen LogP contribution in [0.3, 0.4) is 0 Å². The Morgan fingerprint density at radius 1 is 1.35 bits per heavy atom. The fourth-order valence-electron chi connectivity index (χ4n) is 2.29. The first-order valence-electron chi connectivity index (χ1n) is 8.23. The first-order chi connectivity index (χ1) is 12.1. The molecule has 0 heterocycles. The maximum absolute atomic E-state index is 12.7. The van der Waals surface area contributed by atoms with Gasteiger partial charge in [0, 0.05) is 23.3 Å². The Kier molecular flexibility index (Phi) is 7.28. The van der Waals surface area contributed by atoms with Crippen molar-refractivity contribution in [3.05, 3.63) is 35.4 Å². The van der Waals surface area contributed by atoms with Crippen LogP contribution in [0.2, 0.25) is 0 Å². The number of benzene rings is 1. The maximum atomic E-state index is 12.7. The van der Waals surface area contributed by atoms with Gasteiger partial charge in [-0.3, -0.25) is 0 Å². The smallest absolute Gasteiger partial charge is 0.330 e. The van der Waals surface area contributed by atoms with Gasteiger partial charge in [-0.05, 0) is 58.7 Å². The number of isocyanates is 1. The van der Waals surface area contributed by atoms with Crippen molar-refractivity contribution in [3.63, 3.8) is 0 Å². The number of aliphatic carboxylic acids is 1. The van der Waals surface area contributed by atoms with E-state index in [1.807, 2.05) is 20.8 Å². The number of carbonyl (C=O) groups excluding carboxylic acids is 2. The van der Waals surface area contributed by atoms with Crippen molar-refractivity contribution in [2.45, 2.75) is 46.6 Å². The molecular weight excluding hydrogens is 334 g/mol. The fraction of sp³-hybridized carbons (Fsp3) is 0.421. The highest BCUT2D eigenvalue weighted by atomic mass is 16.4. The molecule has 0 aliphatic heterocycles. The molecule has 0 aromatic heterocycles. The zero-order valence-corrected chi connectivity index (χ0v) is 15.8. The van der Waals surface area contributed by atoms with Gasteiger partial charge in [-0.1, -0.05) is 12.1 Å². The van der Waals surface area contributed by atoms with Gasteiger partial charge in [0.25, 0.3) is 0 Å². The van der Waals surface area contributed by atoms with Gasteiger partial charge in [0.05, 0.1) is 5.69 Å². The summed E-state index contributed by atoms with van der Waals surface area (Å²) in [4.78, 5) is 39.3. The highest BCUT2D eigenvalue weighted by molar-refractivity contribution is 5.90. The Morgan fingerprint density at radius 3 is 2.54 bits per heavy atom. The molecule has 0 aliphatic carbocycles. The molecule has 2 N–H and O–H groups in total. The molecule has 1 aromatic rings. The van der Waals surface area contributed by atoms with E-state index in [9.17, 15) is 14.4 Å². The van der Waals surface area contributed by atoms with Crippen molar-refractivity contribution >= 4 is 29.5 Å². The lowest BCUT2D eigenvalue weighted by atomic mass is 10.1. The number of hydrogen-bond acceptors (Lipinski definition) is 4. The standard InChI is InChI=1S/C19H25N3O4/c1-13-8-9-15(11-16(13)20-12-23)21-18(26)22(19(3,4)5)10-6-7-14(2)17(24)25/h7-9,11H,6,10H2,1-5H3,(H,21,26)(H,24,25)/b14-7+. The molecule has 0 fully saturated rings. The predicted octanol–water partition coefficient (Wildman–Crippen LogP) is 4.02. The van der Waals surface area contributed by atoms with E-state index in [0.717, 1.165) is 5.56 Å². The van der Waals surface area contributed by atoms with Gasteiger partial charge in [-0.2, -0.15) is 4.99 Å². The number of urea groups is 1. The van der Waals surface area contributed by atoms with Crippen molar-refractivity contribution in [1.29, 1.82) is 0 Å². The summed E-state index contributed by atoms with van der Waals surface area (Å²) in [5, 5.41) is 11.7. The monoisotopic (exact) mass is 359 g/mol. The molecule has 0 unspecified atom stereocenters. The number of amides is 2. The third-order valence-electron chi connectivity index (χ3n) is 3.82. The van der Waals surface area contributed by atoms with Crippen LogP contribution in [0.15, 0.2) is 34.8 Å². The molecule has 7 heteroatoms. The number of carbonyl (C=O) groups is 2. The second kappa shape index (κ2) is 8.97. The van der Waals surface area contributed by atoms with Crippen LogP contribution in [-0.2, 0) is 9.59 Å².